The standard InChI is InChI=1S/C15H18FN5/c1-4-5-12-13-14(20(3)19-12)21(15(17)18-13)11-7-9(2)6-10(16)8-11/h6-8H,4-5H2,1-3H3,(H2,17,18). The van der Waals surface area contributed by atoms with E-state index in [1.165, 1.54) is 12.1 Å². The number of hydrogen-bond donors (Lipinski definition) is 1. The molecule has 0 radical (unpaired) electrons. The summed E-state index contributed by atoms with van der Waals surface area (Å²) in [6.45, 7) is 3.94. The number of nitrogen functional groups attached to an aromatic ring is 1. The topological polar surface area (TPSA) is 61.7 Å². The summed E-state index contributed by atoms with van der Waals surface area (Å²) in [5.74, 6) is 0.0579. The molecule has 0 saturated heterocycles. The zero-order valence-electron chi connectivity index (χ0n) is 12.4. The molecule has 3 aromatic rings. The average molecular weight is 287 g/mol. The molecule has 0 amide bonds. The first-order valence-corrected chi connectivity index (χ1v) is 6.98. The Morgan fingerprint density at radius 1 is 1.29 bits per heavy atom. The fraction of sp³-hybridized carbons (Fsp3) is 0.333. The lowest BCUT2D eigenvalue weighted by Gasteiger charge is -2.08. The van der Waals surface area contributed by atoms with Crippen LogP contribution in [0.3, 0.4) is 0 Å². The molecule has 21 heavy (non-hydrogen) atoms. The SMILES string of the molecule is CCCc1nn(C)c2c1nc(N)n2-c1cc(C)cc(F)c1. The zero-order chi connectivity index (χ0) is 15.1. The Morgan fingerprint density at radius 2 is 2.05 bits per heavy atom. The van der Waals surface area contributed by atoms with E-state index in [1.807, 2.05) is 20.0 Å². The number of aromatic nitrogens is 4. The first-order chi connectivity index (χ1) is 10.0. The Balaban J connectivity index is 2.29. The van der Waals surface area contributed by atoms with E-state index in [-0.39, 0.29) is 5.82 Å². The minimum absolute atomic E-state index is 0.290. The number of halogens is 1. The van der Waals surface area contributed by atoms with E-state index >= 15 is 0 Å². The van der Waals surface area contributed by atoms with Crippen molar-refractivity contribution in [1.29, 1.82) is 0 Å². The molecular weight excluding hydrogens is 269 g/mol. The van der Waals surface area contributed by atoms with Crippen LogP contribution in [0.4, 0.5) is 10.3 Å². The fourth-order valence-corrected chi connectivity index (χ4v) is 2.70. The predicted molar refractivity (Wildman–Crippen MR) is 80.9 cm³/mol. The molecule has 0 saturated carbocycles. The minimum atomic E-state index is -0.290. The molecule has 1 aromatic carbocycles. The van der Waals surface area contributed by atoms with E-state index < -0.39 is 0 Å². The highest BCUT2D eigenvalue weighted by Gasteiger charge is 2.19. The Bertz CT molecular complexity index is 795. The van der Waals surface area contributed by atoms with Crippen LogP contribution >= 0.6 is 0 Å². The van der Waals surface area contributed by atoms with Gasteiger partial charge in [-0.3, -0.25) is 4.57 Å². The average Bonchev–Trinajstić information content (AvgIpc) is 2.87. The Morgan fingerprint density at radius 3 is 2.71 bits per heavy atom. The van der Waals surface area contributed by atoms with Gasteiger partial charge in [0.05, 0.1) is 11.4 Å². The molecule has 2 N–H and O–H groups in total. The summed E-state index contributed by atoms with van der Waals surface area (Å²) < 4.78 is 17.2. The van der Waals surface area contributed by atoms with Gasteiger partial charge in [0.15, 0.2) is 5.65 Å². The van der Waals surface area contributed by atoms with Crippen LogP contribution in [0.25, 0.3) is 16.9 Å². The van der Waals surface area contributed by atoms with Crippen molar-refractivity contribution < 1.29 is 4.39 Å². The highest BCUT2D eigenvalue weighted by atomic mass is 19.1. The summed E-state index contributed by atoms with van der Waals surface area (Å²) in [5.41, 5.74) is 10.1. The number of benzene rings is 1. The molecule has 0 atom stereocenters. The van der Waals surface area contributed by atoms with Crippen molar-refractivity contribution in [1.82, 2.24) is 19.3 Å². The quantitative estimate of drug-likeness (QED) is 0.805. The molecule has 0 aliphatic carbocycles. The molecular formula is C15H18FN5. The Kier molecular flexibility index (Phi) is 3.16. The number of aryl methyl sites for hydroxylation is 3. The summed E-state index contributed by atoms with van der Waals surface area (Å²) >= 11 is 0. The van der Waals surface area contributed by atoms with Crippen LogP contribution in [0.2, 0.25) is 0 Å². The first-order valence-electron chi connectivity index (χ1n) is 6.98. The second kappa shape index (κ2) is 4.87. The van der Waals surface area contributed by atoms with Gasteiger partial charge in [-0.25, -0.2) is 14.1 Å². The normalized spacial score (nSPS) is 11.4. The third kappa shape index (κ3) is 2.16. The lowest BCUT2D eigenvalue weighted by atomic mass is 10.2. The summed E-state index contributed by atoms with van der Waals surface area (Å²) in [4.78, 5) is 4.42. The van der Waals surface area contributed by atoms with Crippen molar-refractivity contribution in [2.24, 2.45) is 7.05 Å². The van der Waals surface area contributed by atoms with Crippen LogP contribution in [-0.2, 0) is 13.5 Å². The van der Waals surface area contributed by atoms with Gasteiger partial charge in [-0.15, -0.1) is 0 Å². The molecule has 0 unspecified atom stereocenters. The van der Waals surface area contributed by atoms with Gasteiger partial charge in [-0.05, 0) is 37.1 Å². The Hall–Kier alpha value is -2.37. The summed E-state index contributed by atoms with van der Waals surface area (Å²) in [6.07, 6.45) is 1.83. The fourth-order valence-electron chi connectivity index (χ4n) is 2.70. The van der Waals surface area contributed by atoms with Gasteiger partial charge in [0.2, 0.25) is 5.95 Å². The number of rotatable bonds is 3. The van der Waals surface area contributed by atoms with Crippen molar-refractivity contribution in [3.8, 4) is 5.69 Å². The van der Waals surface area contributed by atoms with Gasteiger partial charge in [0.1, 0.15) is 11.3 Å². The van der Waals surface area contributed by atoms with Crippen molar-refractivity contribution in [2.75, 3.05) is 5.73 Å². The lowest BCUT2D eigenvalue weighted by molar-refractivity contribution is 0.625. The maximum absolute atomic E-state index is 13.7. The molecule has 3 rings (SSSR count). The van der Waals surface area contributed by atoms with E-state index in [2.05, 4.69) is 17.0 Å². The van der Waals surface area contributed by atoms with Crippen molar-refractivity contribution in [2.45, 2.75) is 26.7 Å². The van der Waals surface area contributed by atoms with Crippen molar-refractivity contribution in [3.63, 3.8) is 0 Å². The van der Waals surface area contributed by atoms with E-state index in [4.69, 9.17) is 5.73 Å². The highest BCUT2D eigenvalue weighted by Crippen LogP contribution is 2.26. The minimum Gasteiger partial charge on any atom is -0.369 e. The van der Waals surface area contributed by atoms with Crippen LogP contribution in [0.15, 0.2) is 18.2 Å². The molecule has 5 nitrogen and oxygen atoms in total. The zero-order valence-corrected chi connectivity index (χ0v) is 12.4. The highest BCUT2D eigenvalue weighted by molar-refractivity contribution is 5.80. The van der Waals surface area contributed by atoms with Gasteiger partial charge < -0.3 is 5.73 Å². The maximum atomic E-state index is 13.7. The molecule has 0 bridgehead atoms. The van der Waals surface area contributed by atoms with E-state index in [9.17, 15) is 4.39 Å². The van der Waals surface area contributed by atoms with Gasteiger partial charge in [-0.2, -0.15) is 5.10 Å². The van der Waals surface area contributed by atoms with Crippen LogP contribution < -0.4 is 5.73 Å². The molecule has 0 fully saturated rings. The molecule has 110 valence electrons. The summed E-state index contributed by atoms with van der Waals surface area (Å²) in [5, 5.41) is 4.50. The van der Waals surface area contributed by atoms with E-state index in [1.54, 1.807) is 9.25 Å². The van der Waals surface area contributed by atoms with Crippen LogP contribution in [-0.4, -0.2) is 19.3 Å². The monoisotopic (exact) mass is 287 g/mol. The van der Waals surface area contributed by atoms with E-state index in [0.29, 0.717) is 11.6 Å². The second-order valence-corrected chi connectivity index (χ2v) is 5.28. The number of fused-ring (bicyclic) bond motifs is 1. The third-order valence-electron chi connectivity index (χ3n) is 3.50. The van der Waals surface area contributed by atoms with Gasteiger partial charge >= 0.3 is 0 Å². The number of nitrogens with zero attached hydrogens (tertiary/aromatic N) is 4. The number of imidazole rings is 1. The third-order valence-corrected chi connectivity index (χ3v) is 3.50. The predicted octanol–water partition coefficient (Wildman–Crippen LogP) is 2.74. The number of anilines is 1. The van der Waals surface area contributed by atoms with Crippen LogP contribution in [0.5, 0.6) is 0 Å². The largest absolute Gasteiger partial charge is 0.369 e. The molecule has 6 heteroatoms. The van der Waals surface area contributed by atoms with Gasteiger partial charge in [0, 0.05) is 7.05 Å². The lowest BCUT2D eigenvalue weighted by Crippen LogP contribution is -2.05. The van der Waals surface area contributed by atoms with Crippen molar-refractivity contribution in [3.05, 3.63) is 35.3 Å². The maximum Gasteiger partial charge on any atom is 0.207 e. The second-order valence-electron chi connectivity index (χ2n) is 5.28. The number of nitrogens with two attached hydrogens (primary N) is 1. The first kappa shape index (κ1) is 13.6. The molecule has 2 aromatic heterocycles. The van der Waals surface area contributed by atoms with Gasteiger partial charge in [0.25, 0.3) is 0 Å². The molecule has 0 aliphatic rings. The summed E-state index contributed by atoms with van der Waals surface area (Å²) in [6, 6.07) is 4.82. The summed E-state index contributed by atoms with van der Waals surface area (Å²) in [7, 11) is 1.85. The van der Waals surface area contributed by atoms with Crippen molar-refractivity contribution >= 4 is 17.1 Å². The van der Waals surface area contributed by atoms with Gasteiger partial charge in [-0.1, -0.05) is 13.3 Å². The molecule has 0 spiro atoms. The van der Waals surface area contributed by atoms with Crippen LogP contribution in [0, 0.1) is 12.7 Å². The molecule has 0 aliphatic heterocycles. The van der Waals surface area contributed by atoms with Crippen LogP contribution in [0.1, 0.15) is 24.6 Å². The van der Waals surface area contributed by atoms with E-state index in [0.717, 1.165) is 35.3 Å². The molecule has 2 heterocycles. The number of hydrogen-bond acceptors (Lipinski definition) is 3. The Labute approximate surface area is 122 Å². The smallest absolute Gasteiger partial charge is 0.207 e.